The predicted molar refractivity (Wildman–Crippen MR) is 89.6 cm³/mol. The van der Waals surface area contributed by atoms with E-state index in [9.17, 15) is 4.79 Å². The molecule has 3 N–H and O–H groups in total. The largest absolute Gasteiger partial charge is 0.396 e. The number of urea groups is 1. The predicted octanol–water partition coefficient (Wildman–Crippen LogP) is 2.18. The lowest BCUT2D eigenvalue weighted by Gasteiger charge is -2.08. The molecule has 1 aromatic heterocycles. The van der Waals surface area contributed by atoms with Crippen LogP contribution in [0.4, 0.5) is 4.79 Å². The molecule has 0 atom stereocenters. The van der Waals surface area contributed by atoms with E-state index in [-0.39, 0.29) is 18.6 Å². The number of aliphatic hydroxyl groups is 1. The number of aromatic nitrogens is 2. The topological polar surface area (TPSA) is 79.2 Å². The molecule has 0 spiro atoms. The van der Waals surface area contributed by atoms with Crippen molar-refractivity contribution in [2.24, 2.45) is 0 Å². The Kier molecular flexibility index (Phi) is 6.17. The van der Waals surface area contributed by atoms with E-state index in [0.29, 0.717) is 19.5 Å². The highest BCUT2D eigenvalue weighted by molar-refractivity contribution is 5.73. The number of nitrogens with zero attached hydrogens (tertiary/aromatic N) is 2. The molecule has 2 rings (SSSR count). The molecule has 6 heteroatoms. The third-order valence-electron chi connectivity index (χ3n) is 3.45. The lowest BCUT2D eigenvalue weighted by molar-refractivity contribution is 0.237. The van der Waals surface area contributed by atoms with E-state index in [1.807, 2.05) is 41.2 Å². The van der Waals surface area contributed by atoms with Gasteiger partial charge in [0.25, 0.3) is 0 Å². The molecule has 0 aliphatic heterocycles. The van der Waals surface area contributed by atoms with Gasteiger partial charge in [0.1, 0.15) is 0 Å². The molecular formula is C17H24N4O2. The zero-order valence-corrected chi connectivity index (χ0v) is 13.6. The zero-order chi connectivity index (χ0) is 16.7. The first-order valence-electron chi connectivity index (χ1n) is 7.88. The number of rotatable bonds is 7. The second kappa shape index (κ2) is 8.33. The number of carbonyl (C=O) groups excluding carboxylic acids is 1. The minimum Gasteiger partial charge on any atom is -0.396 e. The molecule has 0 fully saturated rings. The Morgan fingerprint density at radius 3 is 2.65 bits per heavy atom. The first-order chi connectivity index (χ1) is 11.1. The summed E-state index contributed by atoms with van der Waals surface area (Å²) in [5, 5.41) is 18.9. The van der Waals surface area contributed by atoms with Gasteiger partial charge in [-0.2, -0.15) is 5.10 Å². The first kappa shape index (κ1) is 17.0. The van der Waals surface area contributed by atoms with Gasteiger partial charge in [-0.25, -0.2) is 9.48 Å². The fourth-order valence-corrected chi connectivity index (χ4v) is 2.28. The second-order valence-corrected chi connectivity index (χ2v) is 5.66. The number of benzene rings is 1. The Morgan fingerprint density at radius 2 is 2.00 bits per heavy atom. The van der Waals surface area contributed by atoms with Gasteiger partial charge < -0.3 is 15.7 Å². The van der Waals surface area contributed by atoms with Crippen LogP contribution in [0.15, 0.2) is 36.5 Å². The van der Waals surface area contributed by atoms with Crippen LogP contribution in [0.25, 0.3) is 5.69 Å². The van der Waals surface area contributed by atoms with Gasteiger partial charge in [-0.15, -0.1) is 0 Å². The monoisotopic (exact) mass is 316 g/mol. The number of hydrogen-bond acceptors (Lipinski definition) is 3. The van der Waals surface area contributed by atoms with Crippen LogP contribution in [0.2, 0.25) is 0 Å². The van der Waals surface area contributed by atoms with E-state index >= 15 is 0 Å². The lowest BCUT2D eigenvalue weighted by atomic mass is 10.1. The number of para-hydroxylation sites is 1. The van der Waals surface area contributed by atoms with E-state index in [0.717, 1.165) is 16.9 Å². The highest BCUT2D eigenvalue weighted by Crippen LogP contribution is 2.19. The molecular weight excluding hydrogens is 292 g/mol. The van der Waals surface area contributed by atoms with Crippen molar-refractivity contribution in [2.75, 3.05) is 13.2 Å². The van der Waals surface area contributed by atoms with E-state index in [2.05, 4.69) is 29.6 Å². The summed E-state index contributed by atoms with van der Waals surface area (Å²) in [6.07, 6.45) is 2.51. The summed E-state index contributed by atoms with van der Waals surface area (Å²) >= 11 is 0. The van der Waals surface area contributed by atoms with Crippen LogP contribution in [-0.4, -0.2) is 34.1 Å². The number of nitrogens with one attached hydrogen (secondary N) is 2. The lowest BCUT2D eigenvalue weighted by Crippen LogP contribution is -2.35. The van der Waals surface area contributed by atoms with Gasteiger partial charge in [-0.3, -0.25) is 0 Å². The summed E-state index contributed by atoms with van der Waals surface area (Å²) in [5.74, 6) is 0.272. The van der Waals surface area contributed by atoms with Gasteiger partial charge >= 0.3 is 6.03 Å². The number of aliphatic hydroxyl groups excluding tert-OH is 1. The summed E-state index contributed by atoms with van der Waals surface area (Å²) in [5.41, 5.74) is 2.97. The van der Waals surface area contributed by atoms with Crippen LogP contribution in [-0.2, 0) is 6.54 Å². The minimum atomic E-state index is -0.236. The molecule has 2 amide bonds. The average Bonchev–Trinajstić information content (AvgIpc) is 2.98. The summed E-state index contributed by atoms with van der Waals surface area (Å²) in [6.45, 7) is 5.13. The van der Waals surface area contributed by atoms with Gasteiger partial charge in [-0.1, -0.05) is 32.0 Å². The number of carbonyl (C=O) groups is 1. The maximum atomic E-state index is 11.7. The Bertz CT molecular complexity index is 623. The standard InChI is InChI=1S/C17H24N4O2/c1-13(2)16-14(11-19-17(23)18-9-6-10-22)12-21(20-16)15-7-4-3-5-8-15/h3-5,7-8,12-13,22H,6,9-11H2,1-2H3,(H2,18,19,23). The average molecular weight is 316 g/mol. The van der Waals surface area contributed by atoms with Crippen LogP contribution >= 0.6 is 0 Å². The maximum absolute atomic E-state index is 11.7. The molecule has 0 aliphatic carbocycles. The third-order valence-corrected chi connectivity index (χ3v) is 3.45. The van der Waals surface area contributed by atoms with Gasteiger partial charge in [0.05, 0.1) is 11.4 Å². The molecule has 0 saturated heterocycles. The summed E-state index contributed by atoms with van der Waals surface area (Å²) in [6, 6.07) is 9.67. The molecule has 1 heterocycles. The molecule has 2 aromatic rings. The van der Waals surface area contributed by atoms with Gasteiger partial charge in [-0.05, 0) is 24.5 Å². The zero-order valence-electron chi connectivity index (χ0n) is 13.6. The molecule has 0 unspecified atom stereocenters. The first-order valence-corrected chi connectivity index (χ1v) is 7.88. The van der Waals surface area contributed by atoms with Crippen molar-refractivity contribution in [1.82, 2.24) is 20.4 Å². The summed E-state index contributed by atoms with van der Waals surface area (Å²) in [4.78, 5) is 11.7. The SMILES string of the molecule is CC(C)c1nn(-c2ccccc2)cc1CNC(=O)NCCCO. The van der Waals surface area contributed by atoms with Crippen molar-refractivity contribution in [3.63, 3.8) is 0 Å². The highest BCUT2D eigenvalue weighted by Gasteiger charge is 2.14. The Hall–Kier alpha value is -2.34. The van der Waals surface area contributed by atoms with Crippen LogP contribution in [0.1, 0.15) is 37.4 Å². The molecule has 124 valence electrons. The highest BCUT2D eigenvalue weighted by atomic mass is 16.3. The van der Waals surface area contributed by atoms with Gasteiger partial charge in [0.2, 0.25) is 0 Å². The molecule has 0 aliphatic rings. The normalized spacial score (nSPS) is 10.8. The van der Waals surface area contributed by atoms with Crippen molar-refractivity contribution in [3.8, 4) is 5.69 Å². The Morgan fingerprint density at radius 1 is 1.26 bits per heavy atom. The number of amides is 2. The van der Waals surface area contributed by atoms with Crippen LogP contribution in [0, 0.1) is 0 Å². The van der Waals surface area contributed by atoms with Crippen LogP contribution in [0.3, 0.4) is 0 Å². The van der Waals surface area contributed by atoms with Gasteiger partial charge in [0.15, 0.2) is 0 Å². The van der Waals surface area contributed by atoms with Crippen molar-refractivity contribution in [2.45, 2.75) is 32.7 Å². The van der Waals surface area contributed by atoms with Crippen molar-refractivity contribution >= 4 is 6.03 Å². The summed E-state index contributed by atoms with van der Waals surface area (Å²) in [7, 11) is 0. The third kappa shape index (κ3) is 4.82. The maximum Gasteiger partial charge on any atom is 0.315 e. The van der Waals surface area contributed by atoms with Crippen molar-refractivity contribution < 1.29 is 9.90 Å². The summed E-state index contributed by atoms with van der Waals surface area (Å²) < 4.78 is 1.84. The molecule has 0 radical (unpaired) electrons. The van der Waals surface area contributed by atoms with Crippen LogP contribution < -0.4 is 10.6 Å². The fourth-order valence-electron chi connectivity index (χ4n) is 2.28. The van der Waals surface area contributed by atoms with Crippen LogP contribution in [0.5, 0.6) is 0 Å². The minimum absolute atomic E-state index is 0.0711. The molecule has 1 aromatic carbocycles. The quantitative estimate of drug-likeness (QED) is 0.685. The van der Waals surface area contributed by atoms with E-state index in [1.54, 1.807) is 0 Å². The van der Waals surface area contributed by atoms with E-state index in [1.165, 1.54) is 0 Å². The molecule has 0 saturated carbocycles. The smallest absolute Gasteiger partial charge is 0.315 e. The fraction of sp³-hybridized carbons (Fsp3) is 0.412. The molecule has 6 nitrogen and oxygen atoms in total. The Balaban J connectivity index is 2.06. The van der Waals surface area contributed by atoms with E-state index < -0.39 is 0 Å². The molecule has 0 bridgehead atoms. The van der Waals surface area contributed by atoms with Crippen molar-refractivity contribution in [1.29, 1.82) is 0 Å². The van der Waals surface area contributed by atoms with E-state index in [4.69, 9.17) is 5.11 Å². The number of hydrogen-bond donors (Lipinski definition) is 3. The molecule has 23 heavy (non-hydrogen) atoms. The Labute approximate surface area is 136 Å². The van der Waals surface area contributed by atoms with Gasteiger partial charge in [0, 0.05) is 31.5 Å². The second-order valence-electron chi connectivity index (χ2n) is 5.66. The van der Waals surface area contributed by atoms with Crippen molar-refractivity contribution in [3.05, 3.63) is 47.8 Å².